The Balaban J connectivity index is 1.65. The van der Waals surface area contributed by atoms with E-state index in [0.717, 1.165) is 32.1 Å². The van der Waals surface area contributed by atoms with Crippen LogP contribution < -0.4 is 5.84 Å². The SMILES string of the molecule is CCCCC(CCCC(C)N1CCN(N)CC1)CCN(C)CC1(CCC)CC1. The molecule has 0 aromatic rings. The van der Waals surface area contributed by atoms with Gasteiger partial charge in [-0.05, 0) is 64.0 Å². The van der Waals surface area contributed by atoms with Crippen LogP contribution in [0.2, 0.25) is 0 Å². The lowest BCUT2D eigenvalue weighted by atomic mass is 9.91. The summed E-state index contributed by atoms with van der Waals surface area (Å²) < 4.78 is 0. The van der Waals surface area contributed by atoms with E-state index in [1.54, 1.807) is 0 Å². The Hall–Kier alpha value is -0.160. The van der Waals surface area contributed by atoms with E-state index in [0.29, 0.717) is 11.5 Å². The first-order chi connectivity index (χ1) is 13.5. The second-order valence-electron chi connectivity index (χ2n) is 10.1. The van der Waals surface area contributed by atoms with E-state index in [1.807, 2.05) is 5.01 Å². The molecule has 0 spiro atoms. The second-order valence-corrected chi connectivity index (χ2v) is 10.1. The molecule has 2 aliphatic rings. The highest BCUT2D eigenvalue weighted by atomic mass is 15.4. The highest BCUT2D eigenvalue weighted by Crippen LogP contribution is 2.50. The van der Waals surface area contributed by atoms with Gasteiger partial charge >= 0.3 is 0 Å². The van der Waals surface area contributed by atoms with Crippen molar-refractivity contribution >= 4 is 0 Å². The fourth-order valence-electron chi connectivity index (χ4n) is 5.24. The lowest BCUT2D eigenvalue weighted by Gasteiger charge is -2.36. The number of hydrogen-bond donors (Lipinski definition) is 1. The number of rotatable bonds is 15. The zero-order chi connectivity index (χ0) is 20.4. The van der Waals surface area contributed by atoms with E-state index in [2.05, 4.69) is 37.6 Å². The Morgan fingerprint density at radius 1 is 0.929 bits per heavy atom. The van der Waals surface area contributed by atoms with Gasteiger partial charge in [-0.2, -0.15) is 0 Å². The molecular formula is C24H50N4. The molecule has 4 heteroatoms. The average Bonchev–Trinajstić information content (AvgIpc) is 3.43. The quantitative estimate of drug-likeness (QED) is 0.407. The Morgan fingerprint density at radius 3 is 2.21 bits per heavy atom. The smallest absolute Gasteiger partial charge is 0.0257 e. The summed E-state index contributed by atoms with van der Waals surface area (Å²) in [5.41, 5.74) is 0.700. The van der Waals surface area contributed by atoms with E-state index in [1.165, 1.54) is 83.7 Å². The van der Waals surface area contributed by atoms with Crippen LogP contribution in [-0.2, 0) is 0 Å². The van der Waals surface area contributed by atoms with Crippen molar-refractivity contribution in [2.24, 2.45) is 17.2 Å². The summed E-state index contributed by atoms with van der Waals surface area (Å²) in [6.07, 6.45) is 15.5. The van der Waals surface area contributed by atoms with Crippen molar-refractivity contribution in [3.8, 4) is 0 Å². The van der Waals surface area contributed by atoms with E-state index in [9.17, 15) is 0 Å². The fourth-order valence-corrected chi connectivity index (χ4v) is 5.24. The van der Waals surface area contributed by atoms with Gasteiger partial charge in [0.25, 0.3) is 0 Å². The first-order valence-electron chi connectivity index (χ1n) is 12.4. The zero-order valence-corrected chi connectivity index (χ0v) is 19.6. The topological polar surface area (TPSA) is 35.7 Å². The minimum absolute atomic E-state index is 0.700. The van der Waals surface area contributed by atoms with Crippen LogP contribution in [0.15, 0.2) is 0 Å². The van der Waals surface area contributed by atoms with Crippen LogP contribution in [0.3, 0.4) is 0 Å². The van der Waals surface area contributed by atoms with E-state index in [-0.39, 0.29) is 0 Å². The Morgan fingerprint density at radius 2 is 1.61 bits per heavy atom. The van der Waals surface area contributed by atoms with Gasteiger partial charge < -0.3 is 4.90 Å². The molecule has 0 radical (unpaired) electrons. The highest BCUT2D eigenvalue weighted by Gasteiger charge is 2.41. The molecule has 0 amide bonds. The van der Waals surface area contributed by atoms with E-state index >= 15 is 0 Å². The van der Waals surface area contributed by atoms with Crippen LogP contribution in [0.4, 0.5) is 0 Å². The lowest BCUT2D eigenvalue weighted by Crippen LogP contribution is -2.51. The third-order valence-electron chi connectivity index (χ3n) is 7.43. The minimum atomic E-state index is 0.700. The van der Waals surface area contributed by atoms with Gasteiger partial charge in [-0.3, -0.25) is 10.7 Å². The summed E-state index contributed by atoms with van der Waals surface area (Å²) in [7, 11) is 2.37. The van der Waals surface area contributed by atoms with E-state index < -0.39 is 0 Å². The van der Waals surface area contributed by atoms with Gasteiger partial charge in [-0.15, -0.1) is 0 Å². The highest BCUT2D eigenvalue weighted by molar-refractivity contribution is 4.94. The summed E-state index contributed by atoms with van der Waals surface area (Å²) in [5, 5.41) is 1.97. The summed E-state index contributed by atoms with van der Waals surface area (Å²) in [6.45, 7) is 14.1. The molecule has 2 rings (SSSR count). The maximum Gasteiger partial charge on any atom is 0.0257 e. The molecule has 1 saturated heterocycles. The molecule has 0 aromatic carbocycles. The van der Waals surface area contributed by atoms with Crippen molar-refractivity contribution < 1.29 is 0 Å². The maximum atomic E-state index is 5.90. The average molecular weight is 395 g/mol. The van der Waals surface area contributed by atoms with Gasteiger partial charge in [-0.1, -0.05) is 52.4 Å². The summed E-state index contributed by atoms with van der Waals surface area (Å²) in [6, 6.07) is 0.715. The second kappa shape index (κ2) is 12.5. The summed E-state index contributed by atoms with van der Waals surface area (Å²) in [5.74, 6) is 6.83. The number of nitrogens with two attached hydrogens (primary N) is 1. The normalized spacial score (nSPS) is 22.5. The monoisotopic (exact) mass is 394 g/mol. The van der Waals surface area contributed by atoms with Gasteiger partial charge in [0.2, 0.25) is 0 Å². The van der Waals surface area contributed by atoms with Gasteiger partial charge in [0.05, 0.1) is 0 Å². The first kappa shape index (κ1) is 24.1. The van der Waals surface area contributed by atoms with Crippen molar-refractivity contribution in [1.29, 1.82) is 0 Å². The molecule has 0 bridgehead atoms. The van der Waals surface area contributed by atoms with Crippen LogP contribution in [0, 0.1) is 11.3 Å². The Bertz CT molecular complexity index is 401. The molecule has 1 heterocycles. The molecule has 1 saturated carbocycles. The van der Waals surface area contributed by atoms with Gasteiger partial charge in [0, 0.05) is 38.8 Å². The van der Waals surface area contributed by atoms with Crippen molar-refractivity contribution in [3.05, 3.63) is 0 Å². The molecule has 1 aliphatic carbocycles. The summed E-state index contributed by atoms with van der Waals surface area (Å²) in [4.78, 5) is 5.29. The van der Waals surface area contributed by atoms with Crippen molar-refractivity contribution in [1.82, 2.24) is 14.8 Å². The zero-order valence-electron chi connectivity index (χ0n) is 19.6. The first-order valence-corrected chi connectivity index (χ1v) is 12.4. The molecule has 4 nitrogen and oxygen atoms in total. The van der Waals surface area contributed by atoms with Crippen LogP contribution >= 0.6 is 0 Å². The van der Waals surface area contributed by atoms with E-state index in [4.69, 9.17) is 5.84 Å². The molecule has 28 heavy (non-hydrogen) atoms. The number of unbranched alkanes of at least 4 members (excludes halogenated alkanes) is 1. The number of hydrazine groups is 1. The predicted molar refractivity (Wildman–Crippen MR) is 122 cm³/mol. The molecule has 166 valence electrons. The lowest BCUT2D eigenvalue weighted by molar-refractivity contribution is 0.0974. The standard InChI is InChI=1S/C24H50N4/c1-5-7-10-23(12-16-26(4)21-24(13-6-2)14-15-24)11-8-9-22(3)27-17-19-28(25)20-18-27/h22-23H,5-21,25H2,1-4H3. The van der Waals surface area contributed by atoms with Crippen LogP contribution in [0.25, 0.3) is 0 Å². The molecule has 2 N–H and O–H groups in total. The Labute approximate surface area is 176 Å². The molecular weight excluding hydrogens is 344 g/mol. The van der Waals surface area contributed by atoms with Crippen LogP contribution in [0.1, 0.15) is 91.4 Å². The fraction of sp³-hybridized carbons (Fsp3) is 1.00. The van der Waals surface area contributed by atoms with Gasteiger partial charge in [-0.25, -0.2) is 5.01 Å². The molecule has 2 fully saturated rings. The largest absolute Gasteiger partial charge is 0.306 e. The molecule has 1 aliphatic heterocycles. The third-order valence-corrected chi connectivity index (χ3v) is 7.43. The number of nitrogens with zero attached hydrogens (tertiary/aromatic N) is 3. The number of piperazine rings is 1. The maximum absolute atomic E-state index is 5.90. The van der Waals surface area contributed by atoms with Crippen molar-refractivity contribution in [2.75, 3.05) is 46.3 Å². The molecule has 0 aromatic heterocycles. The molecule has 2 unspecified atom stereocenters. The number of hydrogen-bond acceptors (Lipinski definition) is 4. The third kappa shape index (κ3) is 8.69. The van der Waals surface area contributed by atoms with Gasteiger partial charge in [0.1, 0.15) is 0 Å². The van der Waals surface area contributed by atoms with Crippen LogP contribution in [-0.4, -0.2) is 67.2 Å². The predicted octanol–water partition coefficient (Wildman–Crippen LogP) is 4.75. The van der Waals surface area contributed by atoms with Crippen molar-refractivity contribution in [3.63, 3.8) is 0 Å². The van der Waals surface area contributed by atoms with Crippen molar-refractivity contribution in [2.45, 2.75) is 97.4 Å². The Kier molecular flexibility index (Phi) is 10.8. The molecule has 2 atom stereocenters. The summed E-state index contributed by atoms with van der Waals surface area (Å²) >= 11 is 0. The van der Waals surface area contributed by atoms with Crippen LogP contribution in [0.5, 0.6) is 0 Å². The van der Waals surface area contributed by atoms with Gasteiger partial charge in [0.15, 0.2) is 0 Å². The minimum Gasteiger partial charge on any atom is -0.306 e.